The molecule has 4 heterocycles. The molecule has 2 aliphatic rings. The lowest BCUT2D eigenvalue weighted by molar-refractivity contribution is -0.803. The molecule has 0 amide bonds. The van der Waals surface area contributed by atoms with Crippen LogP contribution in [0, 0.1) is 11.8 Å². The van der Waals surface area contributed by atoms with Crippen LogP contribution in [-0.4, -0.2) is 39.0 Å². The minimum Gasteiger partial charge on any atom is -0.463 e. The number of nitrogens with two attached hydrogens (primary N) is 1. The maximum atomic E-state index is 12.7. The number of aliphatic imine (C=N–C) groups is 2. The van der Waals surface area contributed by atoms with Gasteiger partial charge in [0.15, 0.2) is 24.3 Å². The van der Waals surface area contributed by atoms with Gasteiger partial charge in [-0.3, -0.25) is 4.68 Å². The molecule has 0 radical (unpaired) electrons. The normalized spacial score (nSPS) is 20.4. The van der Waals surface area contributed by atoms with Gasteiger partial charge in [0.25, 0.3) is 11.7 Å². The van der Waals surface area contributed by atoms with Crippen molar-refractivity contribution in [2.24, 2.45) is 28.0 Å². The first-order valence-corrected chi connectivity index (χ1v) is 8.15. The van der Waals surface area contributed by atoms with Gasteiger partial charge in [0.1, 0.15) is 11.9 Å². The number of hydrogen-bond acceptors (Lipinski definition) is 7. The van der Waals surface area contributed by atoms with Crippen molar-refractivity contribution in [2.75, 3.05) is 6.61 Å². The first-order valence-electron chi connectivity index (χ1n) is 8.15. The number of amidine groups is 2. The van der Waals surface area contributed by atoms with Gasteiger partial charge in [-0.05, 0) is 27.9 Å². The fourth-order valence-electron chi connectivity index (χ4n) is 2.57. The number of rotatable bonds is 3. The van der Waals surface area contributed by atoms with Gasteiger partial charge in [0.2, 0.25) is 5.88 Å². The minimum atomic E-state index is -4.51. The highest BCUT2D eigenvalue weighted by molar-refractivity contribution is 6.31. The van der Waals surface area contributed by atoms with E-state index in [0.29, 0.717) is 27.8 Å². The summed E-state index contributed by atoms with van der Waals surface area (Å²) < 4.78 is 48.9. The topological polar surface area (TPSA) is 103 Å². The van der Waals surface area contributed by atoms with Crippen molar-refractivity contribution in [3.63, 3.8) is 0 Å². The van der Waals surface area contributed by atoms with E-state index in [4.69, 9.17) is 15.0 Å². The van der Waals surface area contributed by atoms with Gasteiger partial charge >= 0.3 is 6.18 Å². The second-order valence-corrected chi connectivity index (χ2v) is 5.96. The number of allylic oxidation sites excluding steroid dienone is 1. The van der Waals surface area contributed by atoms with Crippen molar-refractivity contribution >= 4 is 17.9 Å². The highest BCUT2D eigenvalue weighted by Gasteiger charge is 2.39. The van der Waals surface area contributed by atoms with Crippen LogP contribution < -0.4 is 10.6 Å². The Morgan fingerprint density at radius 3 is 2.90 bits per heavy atom. The van der Waals surface area contributed by atoms with Crippen molar-refractivity contribution < 1.29 is 27.0 Å². The number of nitrogens with zero attached hydrogens (tertiary/aromatic N) is 6. The third-order valence-corrected chi connectivity index (χ3v) is 3.88. The molecule has 9 nitrogen and oxygen atoms in total. The van der Waals surface area contributed by atoms with Crippen LogP contribution in [0.25, 0.3) is 0 Å². The minimum absolute atomic E-state index is 0.181. The first-order chi connectivity index (χ1) is 13.7. The smallest absolute Gasteiger partial charge is 0.433 e. The molecule has 1 unspecified atom stereocenters. The fourth-order valence-corrected chi connectivity index (χ4v) is 2.57. The number of aromatic nitrogens is 2. The summed E-state index contributed by atoms with van der Waals surface area (Å²) in [5.41, 5.74) is -0.614. The molecule has 2 aliphatic heterocycles. The Bertz CT molecular complexity index is 1130. The first kappa shape index (κ1) is 18.7. The maximum Gasteiger partial charge on any atom is 0.433 e. The second-order valence-electron chi connectivity index (χ2n) is 5.96. The number of alkyl halides is 3. The number of fused-ring (bicyclic) bond motifs is 1. The third kappa shape index (κ3) is 3.68. The molecule has 0 saturated heterocycles. The van der Waals surface area contributed by atoms with Crippen molar-refractivity contribution in [3.05, 3.63) is 47.8 Å². The summed E-state index contributed by atoms with van der Waals surface area (Å²) in [6.07, 6.45) is -0.112. The molecule has 12 heteroatoms. The van der Waals surface area contributed by atoms with E-state index in [-0.39, 0.29) is 12.5 Å². The molecule has 0 fully saturated rings. The van der Waals surface area contributed by atoms with Crippen LogP contribution in [-0.2, 0) is 13.2 Å². The highest BCUT2D eigenvalue weighted by atomic mass is 19.4. The predicted molar refractivity (Wildman–Crippen MR) is 95.2 cm³/mol. The van der Waals surface area contributed by atoms with Crippen LogP contribution in [0.5, 0.6) is 5.88 Å². The zero-order valence-corrected chi connectivity index (χ0v) is 14.9. The third-order valence-electron chi connectivity index (χ3n) is 3.88. The van der Waals surface area contributed by atoms with Crippen LogP contribution in [0.1, 0.15) is 11.5 Å². The van der Waals surface area contributed by atoms with Crippen LogP contribution in [0.2, 0.25) is 0 Å². The van der Waals surface area contributed by atoms with Gasteiger partial charge in [0.05, 0.1) is 6.26 Å². The van der Waals surface area contributed by atoms with E-state index in [1.807, 2.05) is 0 Å². The standard InChI is InChI=1S/C17H13F3N7O2/c1-26-13(17(18,19)20)8-15(24-26)29-7-2-4-11-10-27(21)14(9-22-11)23-16(25-27)12-5-3-6-28-12/h3,5-6,8-10H,7,21H2,1H3/q+1. The quantitative estimate of drug-likeness (QED) is 0.479. The Kier molecular flexibility index (Phi) is 4.33. The summed E-state index contributed by atoms with van der Waals surface area (Å²) in [4.78, 5) is 8.41. The van der Waals surface area contributed by atoms with E-state index in [1.54, 1.807) is 12.1 Å². The zero-order chi connectivity index (χ0) is 20.6. The summed E-state index contributed by atoms with van der Waals surface area (Å²) in [7, 11) is 1.18. The molecule has 2 aromatic rings. The fraction of sp³-hybridized carbons (Fsp3) is 0.176. The summed E-state index contributed by atoms with van der Waals surface area (Å²) >= 11 is 0. The van der Waals surface area contributed by atoms with Gasteiger partial charge < -0.3 is 9.15 Å². The zero-order valence-electron chi connectivity index (χ0n) is 14.9. The van der Waals surface area contributed by atoms with Crippen molar-refractivity contribution in [1.82, 2.24) is 9.78 Å². The molecule has 0 bridgehead atoms. The van der Waals surface area contributed by atoms with Crippen LogP contribution in [0.4, 0.5) is 13.2 Å². The van der Waals surface area contributed by atoms with E-state index in [9.17, 15) is 13.2 Å². The highest BCUT2D eigenvalue weighted by Crippen LogP contribution is 2.30. The molecule has 0 aromatic carbocycles. The predicted octanol–water partition coefficient (Wildman–Crippen LogP) is 1.80. The summed E-state index contributed by atoms with van der Waals surface area (Å²) in [5, 5.41) is 7.94. The Hall–Kier alpha value is -3.69. The lowest BCUT2D eigenvalue weighted by Crippen LogP contribution is -2.50. The van der Waals surface area contributed by atoms with E-state index in [2.05, 4.69) is 32.0 Å². The van der Waals surface area contributed by atoms with Gasteiger partial charge in [0, 0.05) is 13.1 Å². The SMILES string of the molecule is Cn1nc(OCC#CC2=C[N+]3(N)N=C(c4ccco4)N=C3C=N2)cc1C(F)(F)F. The monoisotopic (exact) mass is 404 g/mol. The summed E-state index contributed by atoms with van der Waals surface area (Å²) in [6, 6.07) is 4.21. The average Bonchev–Trinajstić information content (AvgIpc) is 3.35. The van der Waals surface area contributed by atoms with E-state index >= 15 is 0 Å². The molecule has 2 aromatic heterocycles. The largest absolute Gasteiger partial charge is 0.463 e. The van der Waals surface area contributed by atoms with Gasteiger partial charge in [-0.25, -0.2) is 4.99 Å². The Morgan fingerprint density at radius 1 is 1.38 bits per heavy atom. The molecule has 0 spiro atoms. The molecule has 1 atom stereocenters. The van der Waals surface area contributed by atoms with E-state index < -0.39 is 16.6 Å². The van der Waals surface area contributed by atoms with Crippen molar-refractivity contribution in [3.8, 4) is 17.7 Å². The van der Waals surface area contributed by atoms with Crippen LogP contribution in [0.15, 0.2) is 55.9 Å². The number of aryl methyl sites for hydroxylation is 1. The number of furan rings is 1. The number of ether oxygens (including phenoxy) is 1. The average molecular weight is 404 g/mol. The summed E-state index contributed by atoms with van der Waals surface area (Å²) in [6.45, 7) is -0.187. The molecule has 4 rings (SSSR count). The van der Waals surface area contributed by atoms with Crippen LogP contribution in [0.3, 0.4) is 0 Å². The van der Waals surface area contributed by atoms with Gasteiger partial charge in [-0.15, -0.1) is 10.9 Å². The lowest BCUT2D eigenvalue weighted by atomic mass is 10.4. The Balaban J connectivity index is 1.44. The second kappa shape index (κ2) is 6.73. The lowest BCUT2D eigenvalue weighted by Gasteiger charge is -2.17. The van der Waals surface area contributed by atoms with E-state index in [0.717, 1.165) is 6.07 Å². The Morgan fingerprint density at radius 2 is 2.21 bits per heavy atom. The molecular formula is C17H13F3N7O2+. The van der Waals surface area contributed by atoms with E-state index in [1.165, 1.54) is 25.7 Å². The molecular weight excluding hydrogens is 391 g/mol. The number of halogens is 3. The molecule has 148 valence electrons. The maximum absolute atomic E-state index is 12.7. The van der Waals surface area contributed by atoms with Crippen molar-refractivity contribution in [1.29, 1.82) is 0 Å². The number of hydrogen-bond donors (Lipinski definition) is 1. The van der Waals surface area contributed by atoms with Crippen molar-refractivity contribution in [2.45, 2.75) is 6.18 Å². The molecule has 2 N–H and O–H groups in total. The Labute approximate surface area is 161 Å². The van der Waals surface area contributed by atoms with Gasteiger partial charge in [-0.1, -0.05) is 5.92 Å². The van der Waals surface area contributed by atoms with Crippen LogP contribution >= 0.6 is 0 Å². The summed E-state index contributed by atoms with van der Waals surface area (Å²) in [5.74, 6) is 12.6. The number of quaternary nitrogens is 1. The molecule has 0 saturated carbocycles. The van der Waals surface area contributed by atoms with Gasteiger partial charge in [-0.2, -0.15) is 18.2 Å². The molecule has 29 heavy (non-hydrogen) atoms. The molecule has 0 aliphatic carbocycles.